The van der Waals surface area contributed by atoms with Gasteiger partial charge in [0.25, 0.3) is 0 Å². The van der Waals surface area contributed by atoms with E-state index >= 15 is 0 Å². The van der Waals surface area contributed by atoms with Crippen LogP contribution in [0.5, 0.6) is 0 Å². The van der Waals surface area contributed by atoms with E-state index in [9.17, 15) is 4.79 Å². The molecule has 2 heterocycles. The first-order valence-electron chi connectivity index (χ1n) is 8.07. The first-order valence-corrected chi connectivity index (χ1v) is 8.07. The van der Waals surface area contributed by atoms with E-state index in [0.717, 1.165) is 17.1 Å². The molecule has 0 aliphatic heterocycles. The number of amides is 1. The van der Waals surface area contributed by atoms with E-state index in [-0.39, 0.29) is 11.9 Å². The molecule has 0 bridgehead atoms. The summed E-state index contributed by atoms with van der Waals surface area (Å²) in [5.74, 6) is -0.0137. The van der Waals surface area contributed by atoms with Crippen molar-refractivity contribution in [3.63, 3.8) is 0 Å². The standard InChI is InChI=1S/C20H21N3O/c1-15-8-10-17(11-9-15)23-13-5-6-18(23)14-20(24)22-16(2)19-7-3-4-12-21-19/h3-13,16H,14H2,1-2H3,(H,22,24). The predicted octanol–water partition coefficient (Wildman–Crippen LogP) is 3.60. The lowest BCUT2D eigenvalue weighted by molar-refractivity contribution is -0.121. The maximum Gasteiger partial charge on any atom is 0.226 e. The van der Waals surface area contributed by atoms with Gasteiger partial charge in [0, 0.05) is 23.8 Å². The van der Waals surface area contributed by atoms with Crippen LogP contribution >= 0.6 is 0 Å². The molecular weight excluding hydrogens is 298 g/mol. The summed E-state index contributed by atoms with van der Waals surface area (Å²) >= 11 is 0. The van der Waals surface area contributed by atoms with Gasteiger partial charge in [-0.3, -0.25) is 9.78 Å². The smallest absolute Gasteiger partial charge is 0.226 e. The maximum atomic E-state index is 12.4. The minimum atomic E-state index is -0.110. The molecule has 0 saturated heterocycles. The fraction of sp³-hybridized carbons (Fsp3) is 0.200. The molecule has 4 nitrogen and oxygen atoms in total. The minimum Gasteiger partial charge on any atom is -0.348 e. The highest BCUT2D eigenvalue weighted by atomic mass is 16.1. The molecule has 3 rings (SSSR count). The van der Waals surface area contributed by atoms with Crippen molar-refractivity contribution in [2.24, 2.45) is 0 Å². The molecule has 1 atom stereocenters. The molecule has 0 aliphatic carbocycles. The second-order valence-corrected chi connectivity index (χ2v) is 5.93. The van der Waals surface area contributed by atoms with Gasteiger partial charge in [-0.15, -0.1) is 0 Å². The van der Waals surface area contributed by atoms with Gasteiger partial charge < -0.3 is 9.88 Å². The molecule has 3 aromatic rings. The van der Waals surface area contributed by atoms with E-state index < -0.39 is 0 Å². The number of pyridine rings is 1. The Hall–Kier alpha value is -2.88. The van der Waals surface area contributed by atoms with Gasteiger partial charge >= 0.3 is 0 Å². The first-order chi connectivity index (χ1) is 11.6. The molecule has 0 aliphatic rings. The van der Waals surface area contributed by atoms with Crippen LogP contribution < -0.4 is 5.32 Å². The third kappa shape index (κ3) is 3.71. The van der Waals surface area contributed by atoms with E-state index in [1.807, 2.05) is 48.0 Å². The summed E-state index contributed by atoms with van der Waals surface area (Å²) in [6, 6.07) is 17.8. The number of nitrogens with zero attached hydrogens (tertiary/aromatic N) is 2. The number of aromatic nitrogens is 2. The average molecular weight is 319 g/mol. The Morgan fingerprint density at radius 3 is 2.62 bits per heavy atom. The number of aryl methyl sites for hydroxylation is 1. The molecule has 122 valence electrons. The number of rotatable bonds is 5. The van der Waals surface area contributed by atoms with E-state index in [2.05, 4.69) is 41.5 Å². The van der Waals surface area contributed by atoms with Crippen molar-refractivity contribution in [3.05, 3.63) is 83.9 Å². The van der Waals surface area contributed by atoms with Crippen LogP contribution in [-0.4, -0.2) is 15.5 Å². The highest BCUT2D eigenvalue weighted by Gasteiger charge is 2.13. The first kappa shape index (κ1) is 16.0. The summed E-state index contributed by atoms with van der Waals surface area (Å²) in [5, 5.41) is 3.01. The Morgan fingerprint density at radius 2 is 1.92 bits per heavy atom. The number of benzene rings is 1. The monoisotopic (exact) mass is 319 g/mol. The Morgan fingerprint density at radius 1 is 1.12 bits per heavy atom. The highest BCUT2D eigenvalue weighted by molar-refractivity contribution is 5.78. The molecule has 0 radical (unpaired) electrons. The molecule has 24 heavy (non-hydrogen) atoms. The lowest BCUT2D eigenvalue weighted by atomic mass is 10.2. The largest absolute Gasteiger partial charge is 0.348 e. The molecule has 0 saturated carbocycles. The van der Waals surface area contributed by atoms with Crippen molar-refractivity contribution < 1.29 is 4.79 Å². The minimum absolute atomic E-state index is 0.0137. The zero-order valence-electron chi connectivity index (χ0n) is 13.9. The maximum absolute atomic E-state index is 12.4. The van der Waals surface area contributed by atoms with Gasteiger partial charge in [-0.2, -0.15) is 0 Å². The second-order valence-electron chi connectivity index (χ2n) is 5.93. The molecule has 1 N–H and O–H groups in total. The fourth-order valence-corrected chi connectivity index (χ4v) is 2.68. The molecule has 0 fully saturated rings. The number of hydrogen-bond acceptors (Lipinski definition) is 2. The number of carbonyl (C=O) groups is 1. The number of nitrogens with one attached hydrogen (secondary N) is 1. The molecule has 0 spiro atoms. The van der Waals surface area contributed by atoms with Crippen molar-refractivity contribution in [1.29, 1.82) is 0 Å². The number of carbonyl (C=O) groups excluding carboxylic acids is 1. The molecule has 4 heteroatoms. The zero-order chi connectivity index (χ0) is 16.9. The third-order valence-corrected chi connectivity index (χ3v) is 4.00. The van der Waals surface area contributed by atoms with Crippen LogP contribution in [0.1, 0.15) is 29.9 Å². The Bertz CT molecular complexity index is 806. The molecule has 2 aromatic heterocycles. The summed E-state index contributed by atoms with van der Waals surface area (Å²) < 4.78 is 2.05. The summed E-state index contributed by atoms with van der Waals surface area (Å²) in [7, 11) is 0. The second kappa shape index (κ2) is 7.13. The molecule has 1 unspecified atom stereocenters. The lowest BCUT2D eigenvalue weighted by Crippen LogP contribution is -2.29. The summed E-state index contributed by atoms with van der Waals surface area (Å²) in [4.78, 5) is 16.7. The van der Waals surface area contributed by atoms with Crippen LogP contribution in [0, 0.1) is 6.92 Å². The topological polar surface area (TPSA) is 46.9 Å². The molecular formula is C20H21N3O. The zero-order valence-corrected chi connectivity index (χ0v) is 13.9. The summed E-state index contributed by atoms with van der Waals surface area (Å²) in [5.41, 5.74) is 4.10. The van der Waals surface area contributed by atoms with Crippen molar-refractivity contribution in [2.45, 2.75) is 26.3 Å². The van der Waals surface area contributed by atoms with Gasteiger partial charge in [0.1, 0.15) is 0 Å². The highest BCUT2D eigenvalue weighted by Crippen LogP contribution is 2.15. The Balaban J connectivity index is 1.69. The normalized spacial score (nSPS) is 11.9. The van der Waals surface area contributed by atoms with Crippen molar-refractivity contribution in [2.75, 3.05) is 0 Å². The number of hydrogen-bond donors (Lipinski definition) is 1. The van der Waals surface area contributed by atoms with E-state index in [1.54, 1.807) is 6.20 Å². The van der Waals surface area contributed by atoms with E-state index in [1.165, 1.54) is 5.56 Å². The van der Waals surface area contributed by atoms with Crippen molar-refractivity contribution >= 4 is 5.91 Å². The summed E-state index contributed by atoms with van der Waals surface area (Å²) in [6.07, 6.45) is 4.05. The van der Waals surface area contributed by atoms with Gasteiger partial charge in [0.15, 0.2) is 0 Å². The van der Waals surface area contributed by atoms with Crippen LogP contribution in [0.15, 0.2) is 67.0 Å². The van der Waals surface area contributed by atoms with Crippen LogP contribution in [-0.2, 0) is 11.2 Å². The van der Waals surface area contributed by atoms with Crippen LogP contribution in [0.3, 0.4) is 0 Å². The van der Waals surface area contributed by atoms with Gasteiger partial charge in [-0.1, -0.05) is 23.8 Å². The average Bonchev–Trinajstić information content (AvgIpc) is 3.04. The van der Waals surface area contributed by atoms with E-state index in [4.69, 9.17) is 0 Å². The lowest BCUT2D eigenvalue weighted by Gasteiger charge is -2.14. The van der Waals surface area contributed by atoms with Crippen LogP contribution in [0.4, 0.5) is 0 Å². The van der Waals surface area contributed by atoms with Crippen LogP contribution in [0.25, 0.3) is 5.69 Å². The van der Waals surface area contributed by atoms with Gasteiger partial charge in [0.05, 0.1) is 18.2 Å². The van der Waals surface area contributed by atoms with Crippen molar-refractivity contribution in [1.82, 2.24) is 14.9 Å². The van der Waals surface area contributed by atoms with Gasteiger partial charge in [-0.05, 0) is 50.2 Å². The van der Waals surface area contributed by atoms with E-state index in [0.29, 0.717) is 6.42 Å². The van der Waals surface area contributed by atoms with Gasteiger partial charge in [-0.25, -0.2) is 0 Å². The fourth-order valence-electron chi connectivity index (χ4n) is 2.68. The van der Waals surface area contributed by atoms with Gasteiger partial charge in [0.2, 0.25) is 5.91 Å². The molecule has 1 aromatic carbocycles. The predicted molar refractivity (Wildman–Crippen MR) is 95.0 cm³/mol. The Kier molecular flexibility index (Phi) is 4.75. The summed E-state index contributed by atoms with van der Waals surface area (Å²) in [6.45, 7) is 4.01. The molecule has 1 amide bonds. The van der Waals surface area contributed by atoms with Crippen LogP contribution in [0.2, 0.25) is 0 Å². The van der Waals surface area contributed by atoms with Crippen molar-refractivity contribution in [3.8, 4) is 5.69 Å². The Labute approximate surface area is 142 Å². The SMILES string of the molecule is Cc1ccc(-n2cccc2CC(=O)NC(C)c2ccccn2)cc1. The quantitative estimate of drug-likeness (QED) is 0.781. The third-order valence-electron chi connectivity index (χ3n) is 4.00.